The third-order valence-corrected chi connectivity index (χ3v) is 3.29. The third-order valence-electron chi connectivity index (χ3n) is 3.29. The Kier molecular flexibility index (Phi) is 5.29. The van der Waals surface area contributed by atoms with Gasteiger partial charge < -0.3 is 20.3 Å². The molecule has 1 saturated heterocycles. The molecule has 0 saturated carbocycles. The second-order valence-electron chi connectivity index (χ2n) is 4.73. The van der Waals surface area contributed by atoms with E-state index in [9.17, 15) is 9.90 Å². The molecule has 5 heteroatoms. The van der Waals surface area contributed by atoms with Gasteiger partial charge in [0.1, 0.15) is 12.2 Å². The van der Waals surface area contributed by atoms with E-state index in [1.54, 1.807) is 6.08 Å². The average molecular weight is 277 g/mol. The van der Waals surface area contributed by atoms with Crippen LogP contribution in [0, 0.1) is 0 Å². The van der Waals surface area contributed by atoms with Crippen LogP contribution in [-0.2, 0) is 9.53 Å². The zero-order valence-corrected chi connectivity index (χ0v) is 11.1. The summed E-state index contributed by atoms with van der Waals surface area (Å²) in [7, 11) is 0. The van der Waals surface area contributed by atoms with Crippen molar-refractivity contribution in [3.8, 4) is 0 Å². The van der Waals surface area contributed by atoms with E-state index in [2.05, 4.69) is 5.32 Å². The molecule has 2 rings (SSSR count). The molecule has 20 heavy (non-hydrogen) atoms. The number of nitrogens with one attached hydrogen (secondary N) is 1. The van der Waals surface area contributed by atoms with E-state index in [4.69, 9.17) is 9.84 Å². The highest BCUT2D eigenvalue weighted by Crippen LogP contribution is 2.14. The van der Waals surface area contributed by atoms with Crippen molar-refractivity contribution in [2.45, 2.75) is 24.7 Å². The lowest BCUT2D eigenvalue weighted by Gasteiger charge is -2.34. The summed E-state index contributed by atoms with van der Waals surface area (Å²) in [5.41, 5.74) is 0.934. The normalized spacial score (nSPS) is 26.6. The first-order chi connectivity index (χ1) is 9.70. The summed E-state index contributed by atoms with van der Waals surface area (Å²) in [6.45, 7) is 0.156. The Bertz CT molecular complexity index is 460. The van der Waals surface area contributed by atoms with Crippen LogP contribution >= 0.6 is 0 Å². The second kappa shape index (κ2) is 7.19. The fourth-order valence-corrected chi connectivity index (χ4v) is 2.16. The van der Waals surface area contributed by atoms with Crippen LogP contribution in [0.1, 0.15) is 12.0 Å². The number of aliphatic hydroxyl groups is 2. The van der Waals surface area contributed by atoms with Crippen molar-refractivity contribution in [1.29, 1.82) is 0 Å². The molecule has 0 spiro atoms. The maximum absolute atomic E-state index is 11.8. The van der Waals surface area contributed by atoms with Crippen LogP contribution in [0.5, 0.6) is 0 Å². The first kappa shape index (κ1) is 14.7. The van der Waals surface area contributed by atoms with Crippen molar-refractivity contribution in [3.05, 3.63) is 42.0 Å². The van der Waals surface area contributed by atoms with E-state index < -0.39 is 18.2 Å². The molecule has 5 nitrogen and oxygen atoms in total. The summed E-state index contributed by atoms with van der Waals surface area (Å²) in [6.07, 6.45) is 2.16. The summed E-state index contributed by atoms with van der Waals surface area (Å²) >= 11 is 0. The van der Waals surface area contributed by atoms with E-state index >= 15 is 0 Å². The number of hydrogen-bond acceptors (Lipinski definition) is 4. The minimum Gasteiger partial charge on any atom is -0.394 e. The molecule has 0 aliphatic carbocycles. The maximum atomic E-state index is 11.8. The smallest absolute Gasteiger partial charge is 0.244 e. The van der Waals surface area contributed by atoms with Crippen molar-refractivity contribution < 1.29 is 19.7 Å². The van der Waals surface area contributed by atoms with Gasteiger partial charge in [-0.25, -0.2) is 0 Å². The number of hydrogen-bond donors (Lipinski definition) is 3. The van der Waals surface area contributed by atoms with Gasteiger partial charge in [-0.15, -0.1) is 0 Å². The van der Waals surface area contributed by atoms with Gasteiger partial charge in [-0.3, -0.25) is 4.79 Å². The zero-order chi connectivity index (χ0) is 14.4. The molecule has 1 aromatic carbocycles. The molecule has 3 atom stereocenters. The Morgan fingerprint density at radius 2 is 2.15 bits per heavy atom. The zero-order valence-electron chi connectivity index (χ0n) is 11.1. The molecule has 1 aromatic rings. The van der Waals surface area contributed by atoms with E-state index in [0.29, 0.717) is 13.0 Å². The van der Waals surface area contributed by atoms with Crippen LogP contribution in [0.2, 0.25) is 0 Å². The molecule has 1 amide bonds. The fourth-order valence-electron chi connectivity index (χ4n) is 2.16. The second-order valence-corrected chi connectivity index (χ2v) is 4.73. The number of carbonyl (C=O) groups excluding carboxylic acids is 1. The highest BCUT2D eigenvalue weighted by Gasteiger charge is 2.32. The number of rotatable bonds is 4. The number of carbonyl (C=O) groups is 1. The fraction of sp³-hybridized carbons (Fsp3) is 0.400. The highest BCUT2D eigenvalue weighted by molar-refractivity contribution is 5.91. The lowest BCUT2D eigenvalue weighted by Crippen LogP contribution is -2.53. The standard InChI is InChI=1S/C15H19NO4/c17-10-13-15(19)12(8-9-20-13)16-14(18)7-6-11-4-2-1-3-5-11/h1-7,12-13,15,17,19H,8-10H2,(H,16,18)/b7-6+/t12-,13+,15-/m0/s1. The van der Waals surface area contributed by atoms with Gasteiger partial charge in [-0.05, 0) is 18.1 Å². The van der Waals surface area contributed by atoms with Gasteiger partial charge >= 0.3 is 0 Å². The Morgan fingerprint density at radius 1 is 1.40 bits per heavy atom. The molecular weight excluding hydrogens is 258 g/mol. The van der Waals surface area contributed by atoms with Gasteiger partial charge in [0.25, 0.3) is 0 Å². The third kappa shape index (κ3) is 3.90. The molecule has 3 N–H and O–H groups in total. The van der Waals surface area contributed by atoms with E-state index in [1.807, 2.05) is 30.3 Å². The number of amides is 1. The van der Waals surface area contributed by atoms with Gasteiger partial charge in [-0.1, -0.05) is 30.3 Å². The molecule has 1 heterocycles. The van der Waals surface area contributed by atoms with Gasteiger partial charge in [0.05, 0.1) is 12.6 Å². The van der Waals surface area contributed by atoms with Crippen LogP contribution in [-0.4, -0.2) is 47.6 Å². The molecule has 1 aliphatic heterocycles. The van der Waals surface area contributed by atoms with Gasteiger partial charge in [0.2, 0.25) is 5.91 Å². The van der Waals surface area contributed by atoms with E-state index in [-0.39, 0.29) is 12.5 Å². The van der Waals surface area contributed by atoms with Crippen LogP contribution in [0.4, 0.5) is 0 Å². The summed E-state index contributed by atoms with van der Waals surface area (Å²) in [4.78, 5) is 11.8. The summed E-state index contributed by atoms with van der Waals surface area (Å²) < 4.78 is 5.21. The molecule has 0 radical (unpaired) electrons. The number of aliphatic hydroxyl groups excluding tert-OH is 2. The van der Waals surface area contributed by atoms with Crippen LogP contribution in [0.15, 0.2) is 36.4 Å². The summed E-state index contributed by atoms with van der Waals surface area (Å²) in [6, 6.07) is 9.10. The lowest BCUT2D eigenvalue weighted by atomic mass is 10.00. The van der Waals surface area contributed by atoms with Crippen molar-refractivity contribution in [2.75, 3.05) is 13.2 Å². The molecule has 0 aromatic heterocycles. The first-order valence-electron chi connectivity index (χ1n) is 6.65. The van der Waals surface area contributed by atoms with Crippen LogP contribution < -0.4 is 5.32 Å². The van der Waals surface area contributed by atoms with Crippen molar-refractivity contribution >= 4 is 12.0 Å². The number of benzene rings is 1. The first-order valence-corrected chi connectivity index (χ1v) is 6.65. The minimum absolute atomic E-state index is 0.257. The van der Waals surface area contributed by atoms with E-state index in [0.717, 1.165) is 5.56 Å². The van der Waals surface area contributed by atoms with Crippen LogP contribution in [0.3, 0.4) is 0 Å². The Labute approximate surface area is 117 Å². The Balaban J connectivity index is 1.89. The maximum Gasteiger partial charge on any atom is 0.244 e. The molecule has 0 unspecified atom stereocenters. The molecule has 1 fully saturated rings. The number of ether oxygens (including phenoxy) is 1. The quantitative estimate of drug-likeness (QED) is 0.693. The monoisotopic (exact) mass is 277 g/mol. The average Bonchev–Trinajstić information content (AvgIpc) is 2.48. The van der Waals surface area contributed by atoms with Crippen molar-refractivity contribution in [1.82, 2.24) is 5.32 Å². The van der Waals surface area contributed by atoms with Crippen LogP contribution in [0.25, 0.3) is 6.08 Å². The molecule has 1 aliphatic rings. The molecule has 108 valence electrons. The van der Waals surface area contributed by atoms with Gasteiger partial charge in [-0.2, -0.15) is 0 Å². The SMILES string of the molecule is O=C(/C=C/c1ccccc1)N[C@H]1CCO[C@H](CO)[C@H]1O. The predicted octanol–water partition coefficient (Wildman–Crippen LogP) is 0.327. The van der Waals surface area contributed by atoms with Crippen molar-refractivity contribution in [3.63, 3.8) is 0 Å². The summed E-state index contributed by atoms with van der Waals surface area (Å²) in [5.74, 6) is -0.267. The Morgan fingerprint density at radius 3 is 2.85 bits per heavy atom. The molecule has 0 bridgehead atoms. The highest BCUT2D eigenvalue weighted by atomic mass is 16.5. The largest absolute Gasteiger partial charge is 0.394 e. The lowest BCUT2D eigenvalue weighted by molar-refractivity contribution is -0.128. The van der Waals surface area contributed by atoms with Gasteiger partial charge in [0, 0.05) is 12.7 Å². The summed E-state index contributed by atoms with van der Waals surface area (Å²) in [5, 5.41) is 21.7. The molecular formula is C15H19NO4. The predicted molar refractivity (Wildman–Crippen MR) is 74.9 cm³/mol. The van der Waals surface area contributed by atoms with Gasteiger partial charge in [0.15, 0.2) is 0 Å². The Hall–Kier alpha value is -1.69. The minimum atomic E-state index is -0.886. The van der Waals surface area contributed by atoms with Crippen molar-refractivity contribution in [2.24, 2.45) is 0 Å². The topological polar surface area (TPSA) is 78.8 Å². The van der Waals surface area contributed by atoms with E-state index in [1.165, 1.54) is 6.08 Å².